The highest BCUT2D eigenvalue weighted by Gasteiger charge is 2.14. The van der Waals surface area contributed by atoms with Gasteiger partial charge in [-0.1, -0.05) is 52.0 Å². The SMILES string of the molecule is CCC(CN)c1ccc(C(C)(C)C)cc1. The van der Waals surface area contributed by atoms with Crippen molar-refractivity contribution in [3.05, 3.63) is 35.4 Å². The quantitative estimate of drug-likeness (QED) is 0.803. The molecule has 1 atom stereocenters. The van der Waals surface area contributed by atoms with Gasteiger partial charge in [0, 0.05) is 0 Å². The molecule has 0 radical (unpaired) electrons. The average molecular weight is 205 g/mol. The van der Waals surface area contributed by atoms with E-state index in [0.29, 0.717) is 5.92 Å². The van der Waals surface area contributed by atoms with E-state index in [0.717, 1.165) is 13.0 Å². The van der Waals surface area contributed by atoms with Crippen molar-refractivity contribution in [1.82, 2.24) is 0 Å². The van der Waals surface area contributed by atoms with Gasteiger partial charge in [-0.3, -0.25) is 0 Å². The minimum Gasteiger partial charge on any atom is -0.330 e. The zero-order valence-corrected chi connectivity index (χ0v) is 10.4. The van der Waals surface area contributed by atoms with Crippen molar-refractivity contribution in [2.75, 3.05) is 6.54 Å². The summed E-state index contributed by atoms with van der Waals surface area (Å²) in [6.07, 6.45) is 1.12. The topological polar surface area (TPSA) is 26.0 Å². The summed E-state index contributed by atoms with van der Waals surface area (Å²) >= 11 is 0. The number of hydrogen-bond donors (Lipinski definition) is 1. The molecule has 15 heavy (non-hydrogen) atoms. The fourth-order valence-corrected chi connectivity index (χ4v) is 1.79. The third-order valence-electron chi connectivity index (χ3n) is 3.03. The van der Waals surface area contributed by atoms with E-state index in [2.05, 4.69) is 52.0 Å². The van der Waals surface area contributed by atoms with Crippen LogP contribution in [0.1, 0.15) is 51.2 Å². The molecule has 0 bridgehead atoms. The Labute approximate surface area is 93.7 Å². The Hall–Kier alpha value is -0.820. The van der Waals surface area contributed by atoms with Gasteiger partial charge < -0.3 is 5.73 Å². The van der Waals surface area contributed by atoms with Gasteiger partial charge in [0.05, 0.1) is 0 Å². The van der Waals surface area contributed by atoms with E-state index in [1.54, 1.807) is 0 Å². The Balaban J connectivity index is 2.89. The summed E-state index contributed by atoms with van der Waals surface area (Å²) in [6, 6.07) is 8.91. The first kappa shape index (κ1) is 12.3. The lowest BCUT2D eigenvalue weighted by atomic mass is 9.85. The lowest BCUT2D eigenvalue weighted by molar-refractivity contribution is 0.588. The molecule has 0 saturated heterocycles. The molecule has 0 saturated carbocycles. The lowest BCUT2D eigenvalue weighted by Gasteiger charge is -2.20. The molecule has 1 nitrogen and oxygen atoms in total. The molecule has 84 valence electrons. The Bertz CT molecular complexity index is 288. The van der Waals surface area contributed by atoms with Gasteiger partial charge in [-0.15, -0.1) is 0 Å². The molecule has 1 aromatic rings. The molecule has 1 heteroatoms. The summed E-state index contributed by atoms with van der Waals surface area (Å²) in [5, 5.41) is 0. The van der Waals surface area contributed by atoms with Gasteiger partial charge in [0.2, 0.25) is 0 Å². The van der Waals surface area contributed by atoms with Crippen LogP contribution in [0.4, 0.5) is 0 Å². The van der Waals surface area contributed by atoms with Crippen LogP contribution in [0.25, 0.3) is 0 Å². The van der Waals surface area contributed by atoms with Crippen LogP contribution < -0.4 is 5.73 Å². The molecule has 1 aromatic carbocycles. The molecule has 0 fully saturated rings. The maximum absolute atomic E-state index is 5.74. The van der Waals surface area contributed by atoms with Crippen LogP contribution in [0.5, 0.6) is 0 Å². The van der Waals surface area contributed by atoms with Gasteiger partial charge in [-0.2, -0.15) is 0 Å². The van der Waals surface area contributed by atoms with Crippen molar-refractivity contribution in [1.29, 1.82) is 0 Å². The molecule has 1 unspecified atom stereocenters. The summed E-state index contributed by atoms with van der Waals surface area (Å²) in [5.41, 5.74) is 8.73. The fraction of sp³-hybridized carbons (Fsp3) is 0.571. The predicted octanol–water partition coefficient (Wildman–Crippen LogP) is 3.44. The van der Waals surface area contributed by atoms with Crippen molar-refractivity contribution in [3.8, 4) is 0 Å². The van der Waals surface area contributed by atoms with Gasteiger partial charge in [-0.25, -0.2) is 0 Å². The Kier molecular flexibility index (Phi) is 3.92. The zero-order chi connectivity index (χ0) is 11.5. The van der Waals surface area contributed by atoms with Crippen molar-refractivity contribution in [2.24, 2.45) is 5.73 Å². The molecule has 0 aliphatic heterocycles. The summed E-state index contributed by atoms with van der Waals surface area (Å²) < 4.78 is 0. The van der Waals surface area contributed by atoms with Gasteiger partial charge in [0.15, 0.2) is 0 Å². The smallest absolute Gasteiger partial charge is 0.000834 e. The summed E-state index contributed by atoms with van der Waals surface area (Å²) in [4.78, 5) is 0. The minimum absolute atomic E-state index is 0.239. The third-order valence-corrected chi connectivity index (χ3v) is 3.03. The van der Waals surface area contributed by atoms with E-state index in [4.69, 9.17) is 5.73 Å². The summed E-state index contributed by atoms with van der Waals surface area (Å²) in [7, 11) is 0. The van der Waals surface area contributed by atoms with Crippen LogP contribution in [-0.2, 0) is 5.41 Å². The van der Waals surface area contributed by atoms with Crippen LogP contribution >= 0.6 is 0 Å². The second-order valence-corrected chi connectivity index (χ2v) is 5.21. The molecule has 0 aliphatic carbocycles. The molecule has 0 spiro atoms. The average Bonchev–Trinajstić information content (AvgIpc) is 2.19. The van der Waals surface area contributed by atoms with Crippen LogP contribution in [0.2, 0.25) is 0 Å². The number of benzene rings is 1. The van der Waals surface area contributed by atoms with Crippen molar-refractivity contribution >= 4 is 0 Å². The third kappa shape index (κ3) is 3.07. The van der Waals surface area contributed by atoms with E-state index in [1.807, 2.05) is 0 Å². The van der Waals surface area contributed by atoms with E-state index < -0.39 is 0 Å². The first-order chi connectivity index (χ1) is 6.99. The molecular formula is C14H23N. The van der Waals surface area contributed by atoms with E-state index in [-0.39, 0.29) is 5.41 Å². The summed E-state index contributed by atoms with van der Waals surface area (Å²) in [6.45, 7) is 9.65. The van der Waals surface area contributed by atoms with Crippen LogP contribution in [0, 0.1) is 0 Å². The minimum atomic E-state index is 0.239. The molecule has 0 amide bonds. The van der Waals surface area contributed by atoms with Crippen LogP contribution in [0.3, 0.4) is 0 Å². The predicted molar refractivity (Wildman–Crippen MR) is 67.2 cm³/mol. The molecule has 1 rings (SSSR count). The lowest BCUT2D eigenvalue weighted by Crippen LogP contribution is -2.13. The second kappa shape index (κ2) is 4.80. The standard InChI is InChI=1S/C14H23N/c1-5-11(10-15)12-6-8-13(9-7-12)14(2,3)4/h6-9,11H,5,10,15H2,1-4H3. The second-order valence-electron chi connectivity index (χ2n) is 5.21. The van der Waals surface area contributed by atoms with Crippen molar-refractivity contribution in [3.63, 3.8) is 0 Å². The first-order valence-corrected chi connectivity index (χ1v) is 5.79. The Morgan fingerprint density at radius 3 is 2.00 bits per heavy atom. The highest BCUT2D eigenvalue weighted by molar-refractivity contribution is 5.29. The van der Waals surface area contributed by atoms with Crippen LogP contribution in [0.15, 0.2) is 24.3 Å². The van der Waals surface area contributed by atoms with Gasteiger partial charge in [0.25, 0.3) is 0 Å². The molecule has 0 aliphatic rings. The maximum Gasteiger partial charge on any atom is -0.000834 e. The molecule has 0 aromatic heterocycles. The van der Waals surface area contributed by atoms with E-state index in [9.17, 15) is 0 Å². The number of rotatable bonds is 3. The largest absolute Gasteiger partial charge is 0.330 e. The van der Waals surface area contributed by atoms with Gasteiger partial charge in [-0.05, 0) is 35.4 Å². The maximum atomic E-state index is 5.74. The Morgan fingerprint density at radius 2 is 1.67 bits per heavy atom. The zero-order valence-electron chi connectivity index (χ0n) is 10.4. The molecule has 0 heterocycles. The summed E-state index contributed by atoms with van der Waals surface area (Å²) in [5.74, 6) is 0.513. The van der Waals surface area contributed by atoms with Crippen molar-refractivity contribution < 1.29 is 0 Å². The highest BCUT2D eigenvalue weighted by atomic mass is 14.5. The van der Waals surface area contributed by atoms with Gasteiger partial charge in [0.1, 0.15) is 0 Å². The number of hydrogen-bond acceptors (Lipinski definition) is 1. The fourth-order valence-electron chi connectivity index (χ4n) is 1.79. The molecular weight excluding hydrogens is 182 g/mol. The normalized spacial score (nSPS) is 13.9. The molecule has 2 N–H and O–H groups in total. The number of nitrogens with two attached hydrogens (primary N) is 1. The van der Waals surface area contributed by atoms with E-state index >= 15 is 0 Å². The van der Waals surface area contributed by atoms with Crippen molar-refractivity contribution in [2.45, 2.75) is 45.4 Å². The highest BCUT2D eigenvalue weighted by Crippen LogP contribution is 2.25. The van der Waals surface area contributed by atoms with E-state index in [1.165, 1.54) is 11.1 Å². The van der Waals surface area contributed by atoms with Crippen LogP contribution in [-0.4, -0.2) is 6.54 Å². The first-order valence-electron chi connectivity index (χ1n) is 5.79. The monoisotopic (exact) mass is 205 g/mol. The van der Waals surface area contributed by atoms with Gasteiger partial charge >= 0.3 is 0 Å². The Morgan fingerprint density at radius 1 is 1.13 bits per heavy atom.